The summed E-state index contributed by atoms with van der Waals surface area (Å²) in [7, 11) is -42.6. The summed E-state index contributed by atoms with van der Waals surface area (Å²) in [5.41, 5.74) is -3.04. The van der Waals surface area contributed by atoms with Crippen molar-refractivity contribution in [2.45, 2.75) is 46.1 Å². The number of benzene rings is 7. The van der Waals surface area contributed by atoms with Gasteiger partial charge in [-0.25, -0.2) is 4.98 Å². The Morgan fingerprint density at radius 3 is 1.28 bits per heavy atom. The molecule has 534 valence electrons. The Hall–Kier alpha value is -10.0. The highest BCUT2D eigenvalue weighted by molar-refractivity contribution is 7.88. The van der Waals surface area contributed by atoms with E-state index in [1.807, 2.05) is 12.1 Å². The Morgan fingerprint density at radius 2 is 0.816 bits per heavy atom. The van der Waals surface area contributed by atoms with Crippen LogP contribution in [0.1, 0.15) is 16.7 Å². The van der Waals surface area contributed by atoms with Gasteiger partial charge >= 0.3 is 6.01 Å². The first kappa shape index (κ1) is 75.6. The summed E-state index contributed by atoms with van der Waals surface area (Å²) in [6, 6.07) is 18.4. The second-order valence-electron chi connectivity index (χ2n) is 20.6. The molecule has 0 bridgehead atoms. The van der Waals surface area contributed by atoms with Crippen LogP contribution in [0.5, 0.6) is 6.01 Å². The fourth-order valence-corrected chi connectivity index (χ4v) is 16.6. The molecule has 3 aromatic heterocycles. The molecule has 39 nitrogen and oxygen atoms in total. The van der Waals surface area contributed by atoms with E-state index in [4.69, 9.17) is 23.2 Å². The van der Waals surface area contributed by atoms with E-state index in [0.29, 0.717) is 35.6 Å². The summed E-state index contributed by atoms with van der Waals surface area (Å²) < 4.78 is 279. The highest BCUT2D eigenvalue weighted by atomic mass is 35.5. The van der Waals surface area contributed by atoms with Gasteiger partial charge in [-0.3, -0.25) is 36.4 Å². The Labute approximate surface area is 592 Å². The van der Waals surface area contributed by atoms with E-state index >= 15 is 0 Å². The number of anilines is 8. The fourth-order valence-electron chi connectivity index (χ4n) is 9.54. The molecule has 0 spiro atoms. The van der Waals surface area contributed by atoms with Crippen molar-refractivity contribution < 1.29 is 109 Å². The number of nitrogens with one attached hydrogen (secondary N) is 4. The van der Waals surface area contributed by atoms with Crippen LogP contribution < -0.4 is 21.3 Å². The predicted molar refractivity (Wildman–Crippen MR) is 360 cm³/mol. The number of halogens is 2. The van der Waals surface area contributed by atoms with Gasteiger partial charge in [0, 0.05) is 55.4 Å². The molecule has 0 aliphatic heterocycles. The SMILES string of the molecule is Cc1c(C#N)c(Nc2ccc(Cl)c(S(=O)(=O)O)c2)nc(Nc2ccc(Cl)c(S(=O)(=O)O)c2)c1N=Nc1sc(N=Nc2cc(S(=O)(=O)O)c3cc(S(=O)(=O)O)cc(S(=O)(=O)O)c3c2)c(-c2ccc(Nc3nc(O)nc(Nc4cc(S(=O)(=O)O)c5cc(S(=O)(=O)O)cc(S(=O)(=O)O)c5c4)n3)cc2)c1C#N. The van der Waals surface area contributed by atoms with Crippen molar-refractivity contribution in [1.29, 1.82) is 10.5 Å². The first-order chi connectivity index (χ1) is 47.6. The summed E-state index contributed by atoms with van der Waals surface area (Å²) in [5, 5.41) is 54.8. The molecule has 0 amide bonds. The molecule has 7 aromatic carbocycles. The van der Waals surface area contributed by atoms with Gasteiger partial charge in [-0.15, -0.1) is 20.5 Å². The van der Waals surface area contributed by atoms with Gasteiger partial charge in [0.15, 0.2) is 16.6 Å². The third-order valence-corrected chi connectivity index (χ3v) is 22.8. The van der Waals surface area contributed by atoms with E-state index in [9.17, 15) is 119 Å². The number of nitriles is 2. The molecular weight excluding hydrogens is 1590 g/mol. The minimum Gasteiger partial charge on any atom is -0.479 e. The maximum absolute atomic E-state index is 12.9. The lowest BCUT2D eigenvalue weighted by Gasteiger charge is -2.16. The molecule has 0 saturated carbocycles. The van der Waals surface area contributed by atoms with Gasteiger partial charge in [0.1, 0.15) is 57.8 Å². The van der Waals surface area contributed by atoms with E-state index in [1.54, 1.807) is 0 Å². The van der Waals surface area contributed by atoms with Gasteiger partial charge in [-0.1, -0.05) is 46.7 Å². The topological polar surface area (TPSA) is 652 Å². The van der Waals surface area contributed by atoms with Gasteiger partial charge in [-0.05, 0) is 110 Å². The lowest BCUT2D eigenvalue weighted by Crippen LogP contribution is -2.08. The summed E-state index contributed by atoms with van der Waals surface area (Å²) in [6.45, 7) is 1.30. The van der Waals surface area contributed by atoms with Gasteiger partial charge in [0.25, 0.3) is 80.9 Å². The molecule has 10 aromatic rings. The average molecular weight is 1630 g/mol. The molecule has 0 aliphatic rings. The van der Waals surface area contributed by atoms with Crippen molar-refractivity contribution in [2.75, 3.05) is 21.3 Å². The maximum Gasteiger partial charge on any atom is 0.320 e. The number of fused-ring (bicyclic) bond motifs is 2. The first-order valence-corrected chi connectivity index (χ1v) is 39.8. The average Bonchev–Trinajstić information content (AvgIpc) is 1.42. The van der Waals surface area contributed by atoms with E-state index in [1.165, 1.54) is 43.3 Å². The van der Waals surface area contributed by atoms with E-state index < -0.39 is 197 Å². The predicted octanol–water partition coefficient (Wildman–Crippen LogP) is 10.1. The third-order valence-electron chi connectivity index (χ3n) is 13.9. The largest absolute Gasteiger partial charge is 0.479 e. The molecule has 0 radical (unpaired) electrons. The summed E-state index contributed by atoms with van der Waals surface area (Å²) in [6.07, 6.45) is 0. The van der Waals surface area contributed by atoms with Crippen LogP contribution in [0.15, 0.2) is 169 Å². The zero-order valence-electron chi connectivity index (χ0n) is 49.9. The van der Waals surface area contributed by atoms with Crippen molar-refractivity contribution in [1.82, 2.24) is 19.9 Å². The fraction of sp³-hybridized carbons (Fsp3) is 0.0189. The maximum atomic E-state index is 12.9. The molecule has 3 heterocycles. The summed E-state index contributed by atoms with van der Waals surface area (Å²) >= 11 is 12.6. The molecule has 0 unspecified atom stereocenters. The molecule has 0 saturated heterocycles. The van der Waals surface area contributed by atoms with Crippen LogP contribution >= 0.6 is 34.5 Å². The number of pyridine rings is 1. The monoisotopic (exact) mass is 1620 g/mol. The highest BCUT2D eigenvalue weighted by Crippen LogP contribution is 2.50. The van der Waals surface area contributed by atoms with Crippen LogP contribution in [0.4, 0.5) is 67.7 Å². The molecule has 0 atom stereocenters. The Kier molecular flexibility index (Phi) is 20.0. The van der Waals surface area contributed by atoms with Crippen LogP contribution in [0.25, 0.3) is 32.7 Å². The van der Waals surface area contributed by atoms with Gasteiger partial charge in [0.2, 0.25) is 11.9 Å². The lowest BCUT2D eigenvalue weighted by atomic mass is 10.0. The third kappa shape index (κ3) is 16.6. The highest BCUT2D eigenvalue weighted by Gasteiger charge is 2.30. The number of thiophene rings is 1. The van der Waals surface area contributed by atoms with Crippen molar-refractivity contribution >= 4 is 205 Å². The molecule has 0 fully saturated rings. The minimum atomic E-state index is -5.55. The molecule has 50 heteroatoms. The Morgan fingerprint density at radius 1 is 0.408 bits per heavy atom. The minimum absolute atomic E-state index is 0.00353. The molecule has 103 heavy (non-hydrogen) atoms. The number of aromatic nitrogens is 4. The molecular formula is C53H34Cl2N14O25S9. The zero-order valence-corrected chi connectivity index (χ0v) is 58.7. The summed E-state index contributed by atoms with van der Waals surface area (Å²) in [4.78, 5) is 6.90. The van der Waals surface area contributed by atoms with Crippen LogP contribution in [0, 0.1) is 29.6 Å². The van der Waals surface area contributed by atoms with Crippen molar-refractivity contribution in [3.05, 3.63) is 136 Å². The number of rotatable bonds is 21. The second-order valence-corrected chi connectivity index (χ2v) is 33.6. The molecule has 13 N–H and O–H groups in total. The standard InChI is InChI=1S/C53H34Cl2N14O25S9/c1-22-35(20-56)47(58-25-6-8-37(54)43(12-25)102(89,90)91)62-48(59-26-7-9-38(55)44(13-26)103(92,93)94)46(22)67-68-49-36(21-57)45(50(95-49)69-66-28-11-32-34(40(15-28)99(80,81)82)17-30(97(74,75)76)19-42(32)101(86,87)88)23-2-4-24(5-3-23)60-51-63-52(65-53(70)64-51)61-27-10-31-33(39(14-27)98(77,78)79)16-29(96(71,72)73)18-41(31)100(83,84)85/h2-19H,1H3,(H2,58,59,62)(H,71,72,73)(H,74,75,76)(H,77,78,79)(H,80,81,82)(H,83,84,85)(H,86,87,88)(H,89,90,91)(H,92,93,94)(H3,60,61,63,64,65,70). The number of nitrogens with zero attached hydrogens (tertiary/aromatic N) is 10. The quantitative estimate of drug-likeness (QED) is 0.0235. The van der Waals surface area contributed by atoms with Gasteiger partial charge in [-0.2, -0.15) is 92.8 Å². The van der Waals surface area contributed by atoms with Crippen LogP contribution in [-0.2, 0) is 80.9 Å². The van der Waals surface area contributed by atoms with Crippen LogP contribution in [0.2, 0.25) is 10.0 Å². The number of hydrogen-bond acceptors (Lipinski definition) is 32. The van der Waals surface area contributed by atoms with E-state index in [0.717, 1.165) is 36.4 Å². The van der Waals surface area contributed by atoms with Gasteiger partial charge in [0.05, 0.1) is 31.1 Å². The smallest absolute Gasteiger partial charge is 0.320 e. The van der Waals surface area contributed by atoms with Crippen LogP contribution in [0.3, 0.4) is 0 Å². The molecule has 0 aliphatic carbocycles. The van der Waals surface area contributed by atoms with Gasteiger partial charge < -0.3 is 26.4 Å². The lowest BCUT2D eigenvalue weighted by molar-refractivity contribution is 0.430. The Bertz CT molecular complexity index is 6520. The number of hydrogen-bond donors (Lipinski definition) is 13. The number of azo groups is 2. The second kappa shape index (κ2) is 27.3. The van der Waals surface area contributed by atoms with Crippen LogP contribution in [-0.4, -0.2) is 129 Å². The normalized spacial score (nSPS) is 12.8. The number of aromatic hydroxyl groups is 1. The van der Waals surface area contributed by atoms with E-state index in [2.05, 4.69) is 61.7 Å². The van der Waals surface area contributed by atoms with E-state index in [-0.39, 0.29) is 68.0 Å². The van der Waals surface area contributed by atoms with Crippen molar-refractivity contribution in [2.24, 2.45) is 20.5 Å². The first-order valence-electron chi connectivity index (χ1n) is 26.7. The molecule has 10 rings (SSSR count). The van der Waals surface area contributed by atoms with Crippen molar-refractivity contribution in [3.8, 4) is 29.3 Å². The zero-order chi connectivity index (χ0) is 75.8. The summed E-state index contributed by atoms with van der Waals surface area (Å²) in [5.74, 6) is -1.98. The Balaban J connectivity index is 1.11. The van der Waals surface area contributed by atoms with Crippen molar-refractivity contribution in [3.63, 3.8) is 0 Å².